The molecule has 130 valence electrons. The Bertz CT molecular complexity index is 1170. The molecule has 0 amide bonds. The van der Waals surface area contributed by atoms with Crippen LogP contribution in [0.15, 0.2) is 84.0 Å². The second kappa shape index (κ2) is 6.48. The highest BCUT2D eigenvalue weighted by molar-refractivity contribution is 8.13. The van der Waals surface area contributed by atoms with Crippen LogP contribution < -0.4 is 4.74 Å². The smallest absolute Gasteiger partial charge is 0.261 e. The summed E-state index contributed by atoms with van der Waals surface area (Å²) in [6, 6.07) is 21.4. The second-order valence-corrected chi connectivity index (χ2v) is 8.17. The van der Waals surface area contributed by atoms with Crippen molar-refractivity contribution in [2.75, 3.05) is 0 Å². The molecule has 0 fully saturated rings. The molecule has 0 spiro atoms. The maximum Gasteiger partial charge on any atom is 0.261 e. The Hall–Kier alpha value is -2.83. The van der Waals surface area contributed by atoms with Gasteiger partial charge < -0.3 is 4.74 Å². The lowest BCUT2D eigenvalue weighted by Crippen LogP contribution is -1.93. The van der Waals surface area contributed by atoms with Gasteiger partial charge in [0.1, 0.15) is 17.8 Å². The minimum atomic E-state index is -3.73. The van der Waals surface area contributed by atoms with Crippen LogP contribution in [0.25, 0.3) is 16.7 Å². The number of benzene rings is 3. The zero-order valence-electron chi connectivity index (χ0n) is 13.4. The molecule has 4 rings (SSSR count). The molecule has 1 heterocycles. The lowest BCUT2D eigenvalue weighted by molar-refractivity contribution is 0.482. The molecule has 0 unspecified atom stereocenters. The average molecular weight is 385 g/mol. The normalized spacial score (nSPS) is 11.6. The number of aromatic nitrogens is 2. The maximum atomic E-state index is 11.3. The van der Waals surface area contributed by atoms with Gasteiger partial charge in [-0.05, 0) is 60.7 Å². The number of ether oxygens (including phenoxy) is 1. The third-order valence-corrected chi connectivity index (χ3v) is 5.28. The summed E-state index contributed by atoms with van der Waals surface area (Å²) in [5, 5.41) is 0. The molecule has 0 bridgehead atoms. The first-order chi connectivity index (χ1) is 12.5. The third kappa shape index (κ3) is 3.29. The Balaban J connectivity index is 1.56. The van der Waals surface area contributed by atoms with E-state index in [4.69, 9.17) is 15.4 Å². The minimum absolute atomic E-state index is 0.0360. The summed E-state index contributed by atoms with van der Waals surface area (Å²) in [5.41, 5.74) is 2.93. The predicted octanol–water partition coefficient (Wildman–Crippen LogP) is 4.75. The Morgan fingerprint density at radius 2 is 1.46 bits per heavy atom. The predicted molar refractivity (Wildman–Crippen MR) is 101 cm³/mol. The molecule has 26 heavy (non-hydrogen) atoms. The van der Waals surface area contributed by atoms with Crippen LogP contribution in [0.5, 0.6) is 11.5 Å². The van der Waals surface area contributed by atoms with E-state index in [2.05, 4.69) is 4.98 Å². The fourth-order valence-electron chi connectivity index (χ4n) is 2.65. The number of rotatable bonds is 4. The topological polar surface area (TPSA) is 61.2 Å². The van der Waals surface area contributed by atoms with Crippen LogP contribution >= 0.6 is 10.7 Å². The summed E-state index contributed by atoms with van der Waals surface area (Å²) in [4.78, 5) is 4.42. The van der Waals surface area contributed by atoms with E-state index in [1.54, 1.807) is 18.5 Å². The van der Waals surface area contributed by atoms with E-state index in [9.17, 15) is 8.42 Å². The van der Waals surface area contributed by atoms with Crippen molar-refractivity contribution in [2.24, 2.45) is 0 Å². The molecule has 0 aliphatic heterocycles. The summed E-state index contributed by atoms with van der Waals surface area (Å²) in [5.74, 6) is 1.16. The number of para-hydroxylation sites is 2. The van der Waals surface area contributed by atoms with Gasteiger partial charge in [0.05, 0.1) is 15.9 Å². The second-order valence-electron chi connectivity index (χ2n) is 5.61. The van der Waals surface area contributed by atoms with E-state index in [-0.39, 0.29) is 4.90 Å². The van der Waals surface area contributed by atoms with Gasteiger partial charge in [0.15, 0.2) is 0 Å². The first kappa shape index (κ1) is 16.6. The molecule has 0 aliphatic carbocycles. The SMILES string of the molecule is O=S(=O)(Cl)c1ccc(Oc2ccc(-n3cnc4ccccc43)cc2)cc1. The highest BCUT2D eigenvalue weighted by atomic mass is 35.7. The van der Waals surface area contributed by atoms with Crippen LogP contribution in [0.1, 0.15) is 0 Å². The highest BCUT2D eigenvalue weighted by Gasteiger charge is 2.09. The summed E-state index contributed by atoms with van der Waals surface area (Å²) in [6.07, 6.45) is 1.78. The standard InChI is InChI=1S/C19H13ClN2O3S/c20-26(23,24)17-11-9-16(10-12-17)25-15-7-5-14(6-8-15)22-13-21-18-3-1-2-4-19(18)22/h1-13H. The van der Waals surface area contributed by atoms with Gasteiger partial charge in [0.2, 0.25) is 0 Å². The van der Waals surface area contributed by atoms with Crippen LogP contribution in [0.3, 0.4) is 0 Å². The van der Waals surface area contributed by atoms with Crippen molar-refractivity contribution < 1.29 is 13.2 Å². The quantitative estimate of drug-likeness (QED) is 0.476. The summed E-state index contributed by atoms with van der Waals surface area (Å²) >= 11 is 0. The van der Waals surface area contributed by atoms with Crippen LogP contribution in [0.4, 0.5) is 0 Å². The Kier molecular flexibility index (Phi) is 4.14. The number of hydrogen-bond acceptors (Lipinski definition) is 4. The van der Waals surface area contributed by atoms with Gasteiger partial charge in [0.25, 0.3) is 9.05 Å². The monoisotopic (exact) mass is 384 g/mol. The first-order valence-corrected chi connectivity index (χ1v) is 10.1. The fourth-order valence-corrected chi connectivity index (χ4v) is 3.42. The molecular formula is C19H13ClN2O3S. The van der Waals surface area contributed by atoms with Crippen LogP contribution in [0, 0.1) is 0 Å². The molecule has 0 radical (unpaired) electrons. The molecule has 0 saturated heterocycles. The number of halogens is 1. The number of nitrogens with zero attached hydrogens (tertiary/aromatic N) is 2. The Morgan fingerprint density at radius 1 is 0.846 bits per heavy atom. The summed E-state index contributed by atoms with van der Waals surface area (Å²) in [7, 11) is 1.57. The van der Waals surface area contributed by atoms with Crippen molar-refractivity contribution in [3.8, 4) is 17.2 Å². The molecule has 7 heteroatoms. The molecule has 3 aromatic carbocycles. The maximum absolute atomic E-state index is 11.3. The molecule has 0 N–H and O–H groups in total. The molecule has 4 aromatic rings. The number of hydrogen-bond donors (Lipinski definition) is 0. The number of imidazole rings is 1. The average Bonchev–Trinajstić information content (AvgIpc) is 3.06. The van der Waals surface area contributed by atoms with Gasteiger partial charge in [-0.15, -0.1) is 0 Å². The van der Waals surface area contributed by atoms with Gasteiger partial charge in [-0.2, -0.15) is 0 Å². The lowest BCUT2D eigenvalue weighted by atomic mass is 10.2. The van der Waals surface area contributed by atoms with Crippen molar-refractivity contribution >= 4 is 30.8 Å². The molecule has 0 aliphatic rings. The van der Waals surface area contributed by atoms with Gasteiger partial charge in [0, 0.05) is 16.4 Å². The molecule has 1 aromatic heterocycles. The van der Waals surface area contributed by atoms with Gasteiger partial charge in [-0.25, -0.2) is 13.4 Å². The van der Waals surface area contributed by atoms with Crippen LogP contribution in [0.2, 0.25) is 0 Å². The molecular weight excluding hydrogens is 372 g/mol. The highest BCUT2D eigenvalue weighted by Crippen LogP contribution is 2.26. The molecule has 0 atom stereocenters. The van der Waals surface area contributed by atoms with Gasteiger partial charge in [-0.3, -0.25) is 4.57 Å². The van der Waals surface area contributed by atoms with Gasteiger partial charge >= 0.3 is 0 Å². The summed E-state index contributed by atoms with van der Waals surface area (Å²) in [6.45, 7) is 0. The zero-order chi connectivity index (χ0) is 18.1. The van der Waals surface area contributed by atoms with Crippen molar-refractivity contribution in [1.29, 1.82) is 0 Å². The van der Waals surface area contributed by atoms with Gasteiger partial charge in [-0.1, -0.05) is 12.1 Å². The van der Waals surface area contributed by atoms with Crippen LogP contribution in [-0.2, 0) is 9.05 Å². The lowest BCUT2D eigenvalue weighted by Gasteiger charge is -2.08. The van der Waals surface area contributed by atoms with E-state index < -0.39 is 9.05 Å². The first-order valence-electron chi connectivity index (χ1n) is 7.76. The van der Waals surface area contributed by atoms with E-state index in [0.29, 0.717) is 11.5 Å². The zero-order valence-corrected chi connectivity index (χ0v) is 15.0. The van der Waals surface area contributed by atoms with Crippen molar-refractivity contribution in [3.05, 3.63) is 79.1 Å². The van der Waals surface area contributed by atoms with Crippen molar-refractivity contribution in [2.45, 2.75) is 4.90 Å². The van der Waals surface area contributed by atoms with E-state index >= 15 is 0 Å². The van der Waals surface area contributed by atoms with Crippen molar-refractivity contribution in [3.63, 3.8) is 0 Å². The van der Waals surface area contributed by atoms with Crippen LogP contribution in [-0.4, -0.2) is 18.0 Å². The number of fused-ring (bicyclic) bond motifs is 1. The fraction of sp³-hybridized carbons (Fsp3) is 0. The van der Waals surface area contributed by atoms with E-state index in [1.165, 1.54) is 12.1 Å². The minimum Gasteiger partial charge on any atom is -0.457 e. The largest absolute Gasteiger partial charge is 0.457 e. The molecule has 0 saturated carbocycles. The summed E-state index contributed by atoms with van der Waals surface area (Å²) < 4.78 is 30.3. The Morgan fingerprint density at radius 3 is 2.12 bits per heavy atom. The van der Waals surface area contributed by atoms with E-state index in [1.807, 2.05) is 53.1 Å². The van der Waals surface area contributed by atoms with E-state index in [0.717, 1.165) is 16.7 Å². The molecule has 5 nitrogen and oxygen atoms in total. The Labute approximate surface area is 154 Å². The van der Waals surface area contributed by atoms with Crippen molar-refractivity contribution in [1.82, 2.24) is 9.55 Å². The third-order valence-electron chi connectivity index (χ3n) is 3.91.